The molecule has 4 aromatic heterocycles. The molecular formula is C39H22N4OS. The Morgan fingerprint density at radius 1 is 0.578 bits per heavy atom. The molecule has 6 heteroatoms. The minimum Gasteiger partial charge on any atom is -0.456 e. The van der Waals surface area contributed by atoms with Gasteiger partial charge in [-0.25, -0.2) is 4.98 Å². The van der Waals surface area contributed by atoms with Crippen LogP contribution in [0.5, 0.6) is 0 Å². The van der Waals surface area contributed by atoms with Crippen molar-refractivity contribution in [3.8, 4) is 28.7 Å². The molecule has 0 N–H and O–H groups in total. The maximum absolute atomic E-state index is 9.75. The summed E-state index contributed by atoms with van der Waals surface area (Å²) in [6.45, 7) is 0. The summed E-state index contributed by atoms with van der Waals surface area (Å²) in [6, 6.07) is 18.3. The molecule has 0 aliphatic carbocycles. The monoisotopic (exact) mass is 604 g/mol. The second-order valence-electron chi connectivity index (χ2n) is 10.5. The molecule has 4 heterocycles. The maximum Gasteiger partial charge on any atom is 0.238 e. The van der Waals surface area contributed by atoms with E-state index in [1.165, 1.54) is 4.57 Å². The summed E-state index contributed by atoms with van der Waals surface area (Å²) in [5, 5.41) is 1.75. The highest BCUT2D eigenvalue weighted by molar-refractivity contribution is 7.25. The summed E-state index contributed by atoms with van der Waals surface area (Å²) in [6.07, 6.45) is 0. The van der Waals surface area contributed by atoms with Crippen LogP contribution in [-0.2, 0) is 0 Å². The predicted octanol–water partition coefficient (Wildman–Crippen LogP) is 10.6. The molecule has 0 saturated heterocycles. The van der Waals surface area contributed by atoms with Gasteiger partial charge in [0.15, 0.2) is 11.6 Å². The normalized spacial score (nSPS) is 15.1. The quantitative estimate of drug-likeness (QED) is 0.201. The molecular weight excluding hydrogens is 573 g/mol. The SMILES string of the molecule is [2H]c1c([2H])c([2H])c2c(sc3c([2H])c4c5c([2H])c([2H])c([2H])c([2H])c5n(-c5nc(-c6ccccc6)nc(-c6cccc7oc8ccccc8c67)n5)c4c([2H])c32)c1[2H]. The van der Waals surface area contributed by atoms with E-state index >= 15 is 0 Å². The van der Waals surface area contributed by atoms with E-state index in [9.17, 15) is 4.11 Å². The van der Waals surface area contributed by atoms with Crippen LogP contribution < -0.4 is 0 Å². The van der Waals surface area contributed by atoms with Crippen LogP contribution in [0.4, 0.5) is 0 Å². The lowest BCUT2D eigenvalue weighted by molar-refractivity contribution is 0.669. The first-order valence-corrected chi connectivity index (χ1v) is 14.9. The Morgan fingerprint density at radius 3 is 2.29 bits per heavy atom. The van der Waals surface area contributed by atoms with Crippen LogP contribution in [0.1, 0.15) is 13.7 Å². The first-order chi connectivity index (χ1) is 26.5. The van der Waals surface area contributed by atoms with Crippen molar-refractivity contribution in [2.75, 3.05) is 0 Å². The molecule has 5 nitrogen and oxygen atoms in total. The van der Waals surface area contributed by atoms with Gasteiger partial charge in [-0.15, -0.1) is 11.3 Å². The minimum atomic E-state index is -0.534. The lowest BCUT2D eigenvalue weighted by Gasteiger charge is -2.11. The molecule has 210 valence electrons. The molecule has 0 aliphatic heterocycles. The number of hydrogen-bond donors (Lipinski definition) is 0. The van der Waals surface area contributed by atoms with E-state index < -0.39 is 36.3 Å². The summed E-state index contributed by atoms with van der Waals surface area (Å²) in [4.78, 5) is 14.8. The van der Waals surface area contributed by atoms with E-state index in [4.69, 9.17) is 29.0 Å². The highest BCUT2D eigenvalue weighted by atomic mass is 32.1. The van der Waals surface area contributed by atoms with Gasteiger partial charge in [0.05, 0.1) is 24.7 Å². The molecule has 10 aromatic rings. The van der Waals surface area contributed by atoms with Gasteiger partial charge in [0.2, 0.25) is 5.95 Å². The summed E-state index contributed by atoms with van der Waals surface area (Å²) in [5.74, 6) is 0.355. The number of para-hydroxylation sites is 2. The number of benzene rings is 6. The number of rotatable bonds is 3. The number of hydrogen-bond acceptors (Lipinski definition) is 5. The van der Waals surface area contributed by atoms with Crippen molar-refractivity contribution in [1.82, 2.24) is 19.5 Å². The van der Waals surface area contributed by atoms with Crippen LogP contribution in [0, 0.1) is 0 Å². The Bertz CT molecular complexity index is 3340. The minimum absolute atomic E-state index is 0.0188. The van der Waals surface area contributed by atoms with Gasteiger partial charge in [-0.05, 0) is 36.3 Å². The zero-order chi connectivity index (χ0) is 38.2. The predicted molar refractivity (Wildman–Crippen MR) is 185 cm³/mol. The number of thiophene rings is 1. The molecule has 0 aliphatic rings. The van der Waals surface area contributed by atoms with Gasteiger partial charge in [0.25, 0.3) is 0 Å². The van der Waals surface area contributed by atoms with Gasteiger partial charge in [0, 0.05) is 52.8 Å². The third-order valence-corrected chi connectivity index (χ3v) is 8.94. The summed E-state index contributed by atoms with van der Waals surface area (Å²) in [7, 11) is 0. The van der Waals surface area contributed by atoms with E-state index in [2.05, 4.69) is 0 Å². The van der Waals surface area contributed by atoms with Gasteiger partial charge < -0.3 is 4.42 Å². The molecule has 0 bridgehead atoms. The first-order valence-electron chi connectivity index (χ1n) is 19.1. The fourth-order valence-corrected chi connectivity index (χ4v) is 6.93. The largest absolute Gasteiger partial charge is 0.456 e. The number of aromatic nitrogens is 4. The molecule has 0 unspecified atom stereocenters. The third-order valence-electron chi connectivity index (χ3n) is 7.92. The van der Waals surface area contributed by atoms with Crippen LogP contribution >= 0.6 is 11.3 Å². The molecule has 0 fully saturated rings. The average Bonchev–Trinajstić information content (AvgIpc) is 3.91. The summed E-state index contributed by atoms with van der Waals surface area (Å²) in [5.41, 5.74) is 2.39. The topological polar surface area (TPSA) is 56.7 Å². The Kier molecular flexibility index (Phi) is 3.49. The van der Waals surface area contributed by atoms with Crippen LogP contribution in [0.25, 0.3) is 92.6 Å². The molecule has 0 spiro atoms. The van der Waals surface area contributed by atoms with Crippen molar-refractivity contribution >= 4 is 75.3 Å². The smallest absolute Gasteiger partial charge is 0.238 e. The molecule has 10 rings (SSSR count). The lowest BCUT2D eigenvalue weighted by Crippen LogP contribution is -2.06. The maximum atomic E-state index is 9.75. The highest BCUT2D eigenvalue weighted by Gasteiger charge is 2.21. The zero-order valence-electron chi connectivity index (χ0n) is 33.0. The van der Waals surface area contributed by atoms with Crippen LogP contribution in [0.2, 0.25) is 0 Å². The molecule has 0 saturated carbocycles. The van der Waals surface area contributed by atoms with Crippen molar-refractivity contribution in [3.63, 3.8) is 0 Å². The fourth-order valence-electron chi connectivity index (χ4n) is 5.96. The van der Waals surface area contributed by atoms with Crippen LogP contribution in [-0.4, -0.2) is 19.5 Å². The summed E-state index contributed by atoms with van der Waals surface area (Å²) < 4.78 is 96.9. The van der Waals surface area contributed by atoms with Gasteiger partial charge >= 0.3 is 0 Å². The van der Waals surface area contributed by atoms with E-state index in [0.29, 0.717) is 22.3 Å². The van der Waals surface area contributed by atoms with E-state index in [1.807, 2.05) is 72.8 Å². The highest BCUT2D eigenvalue weighted by Crippen LogP contribution is 2.41. The van der Waals surface area contributed by atoms with E-state index in [1.54, 1.807) is 0 Å². The zero-order valence-corrected chi connectivity index (χ0v) is 23.9. The summed E-state index contributed by atoms with van der Waals surface area (Å²) >= 11 is 0.945. The van der Waals surface area contributed by atoms with Crippen molar-refractivity contribution in [3.05, 3.63) is 133 Å². The molecule has 0 amide bonds. The van der Waals surface area contributed by atoms with Gasteiger partial charge in [-0.3, -0.25) is 4.57 Å². The number of furan rings is 1. The molecule has 0 atom stereocenters. The first kappa shape index (κ1) is 16.9. The molecule has 6 aromatic carbocycles. The Labute approximate surface area is 274 Å². The fraction of sp³-hybridized carbons (Fsp3) is 0. The lowest BCUT2D eigenvalue weighted by atomic mass is 10.1. The average molecular weight is 605 g/mol. The molecule has 0 radical (unpaired) electrons. The Hall–Kier alpha value is -5.85. The van der Waals surface area contributed by atoms with Crippen molar-refractivity contribution in [1.29, 1.82) is 0 Å². The van der Waals surface area contributed by atoms with Crippen molar-refractivity contribution < 1.29 is 18.1 Å². The second-order valence-corrected chi connectivity index (χ2v) is 11.5. The molecule has 45 heavy (non-hydrogen) atoms. The van der Waals surface area contributed by atoms with Gasteiger partial charge in [0.1, 0.15) is 11.2 Å². The van der Waals surface area contributed by atoms with Crippen molar-refractivity contribution in [2.24, 2.45) is 0 Å². The Balaban J connectivity index is 1.43. The van der Waals surface area contributed by atoms with Crippen LogP contribution in [0.15, 0.2) is 138 Å². The third kappa shape index (κ3) is 3.63. The van der Waals surface area contributed by atoms with Crippen LogP contribution in [0.3, 0.4) is 0 Å². The number of nitrogens with zero attached hydrogens (tertiary/aromatic N) is 4. The van der Waals surface area contributed by atoms with Crippen molar-refractivity contribution in [2.45, 2.75) is 0 Å². The van der Waals surface area contributed by atoms with Gasteiger partial charge in [-0.2, -0.15) is 9.97 Å². The second kappa shape index (κ2) is 9.32. The number of fused-ring (bicyclic) bond motifs is 9. The van der Waals surface area contributed by atoms with E-state index in [0.717, 1.165) is 22.1 Å². The Morgan fingerprint density at radius 2 is 1.36 bits per heavy atom. The van der Waals surface area contributed by atoms with Gasteiger partial charge in [-0.1, -0.05) is 96.9 Å². The van der Waals surface area contributed by atoms with E-state index in [-0.39, 0.29) is 83.7 Å². The standard InChI is InChI=1S/C39H22N4OS/c1-2-11-23(12-3-1)37-40-38(27-16-10-19-33-36(27)26-15-5-8-18-32(26)44-33)42-39(41-37)43-30-17-7-4-13-24(30)28-22-35-29(21-31(28)43)25-14-6-9-20-34(25)45-35/h1-22H/i4D,6D,7D,9D,13D,14D,17D,20D,21D,22D.